The van der Waals surface area contributed by atoms with Gasteiger partial charge in [0.1, 0.15) is 12.4 Å². The number of hydrogen-bond donors (Lipinski definition) is 1. The molecule has 1 heterocycles. The Balaban J connectivity index is 2.04. The van der Waals surface area contributed by atoms with Crippen LogP contribution >= 0.6 is 0 Å². The largest absolute Gasteiger partial charge is 0.492 e. The lowest BCUT2D eigenvalue weighted by molar-refractivity contribution is -0.137. The van der Waals surface area contributed by atoms with Crippen LogP contribution in [0, 0.1) is 0 Å². The number of ether oxygens (including phenoxy) is 1. The van der Waals surface area contributed by atoms with E-state index in [0.717, 1.165) is 37.9 Å². The van der Waals surface area contributed by atoms with E-state index in [1.807, 2.05) is 7.05 Å². The minimum Gasteiger partial charge on any atom is -0.492 e. The Bertz CT molecular complexity index is 462. The van der Waals surface area contributed by atoms with Crippen molar-refractivity contribution in [2.75, 3.05) is 25.9 Å². The molecule has 1 aliphatic rings. The minimum atomic E-state index is -4.41. The van der Waals surface area contributed by atoms with Gasteiger partial charge < -0.3 is 15.4 Å². The van der Waals surface area contributed by atoms with Crippen molar-refractivity contribution >= 4 is 5.69 Å². The lowest BCUT2D eigenvalue weighted by Gasteiger charge is -2.32. The monoisotopic (exact) mass is 288 g/mol. The van der Waals surface area contributed by atoms with E-state index in [2.05, 4.69) is 4.90 Å². The summed E-state index contributed by atoms with van der Waals surface area (Å²) in [5.41, 5.74) is 4.79. The molecule has 1 atom stereocenters. The predicted molar refractivity (Wildman–Crippen MR) is 71.6 cm³/mol. The molecule has 1 aromatic carbocycles. The number of hydrogen-bond acceptors (Lipinski definition) is 3. The topological polar surface area (TPSA) is 38.5 Å². The van der Waals surface area contributed by atoms with E-state index in [9.17, 15) is 13.2 Å². The second kappa shape index (κ2) is 5.91. The lowest BCUT2D eigenvalue weighted by atomic mass is 10.0. The van der Waals surface area contributed by atoms with Crippen LogP contribution in [0.15, 0.2) is 18.2 Å². The number of likely N-dealkylation sites (N-methyl/N-ethyl adjacent to an activating group) is 1. The molecule has 1 aliphatic heterocycles. The van der Waals surface area contributed by atoms with Crippen LogP contribution in [-0.2, 0) is 6.18 Å². The number of nitrogen functional groups attached to an aromatic ring is 1. The molecule has 112 valence electrons. The average Bonchev–Trinajstić information content (AvgIpc) is 2.36. The quantitative estimate of drug-likeness (QED) is 0.868. The number of likely N-dealkylation sites (tertiary alicyclic amines) is 1. The summed E-state index contributed by atoms with van der Waals surface area (Å²) in [6, 6.07) is 3.59. The maximum atomic E-state index is 12.7. The van der Waals surface area contributed by atoms with Gasteiger partial charge in [-0.05, 0) is 38.6 Å². The summed E-state index contributed by atoms with van der Waals surface area (Å²) in [7, 11) is 2.01. The molecular formula is C14H19F3N2O. The fourth-order valence-electron chi connectivity index (χ4n) is 2.42. The highest BCUT2D eigenvalue weighted by molar-refractivity contribution is 5.48. The van der Waals surface area contributed by atoms with E-state index in [1.54, 1.807) is 0 Å². The zero-order chi connectivity index (χ0) is 14.8. The van der Waals surface area contributed by atoms with Gasteiger partial charge in [-0.1, -0.05) is 6.42 Å². The Labute approximate surface area is 116 Å². The van der Waals surface area contributed by atoms with E-state index in [0.29, 0.717) is 6.61 Å². The van der Waals surface area contributed by atoms with E-state index in [-0.39, 0.29) is 17.5 Å². The highest BCUT2D eigenvalue weighted by Crippen LogP contribution is 2.33. The van der Waals surface area contributed by atoms with E-state index >= 15 is 0 Å². The molecule has 0 unspecified atom stereocenters. The summed E-state index contributed by atoms with van der Waals surface area (Å²) < 4.78 is 43.6. The summed E-state index contributed by atoms with van der Waals surface area (Å²) in [5, 5.41) is 0. The number of rotatable bonds is 3. The third-order valence-electron chi connectivity index (χ3n) is 3.62. The molecule has 0 amide bonds. The zero-order valence-electron chi connectivity index (χ0n) is 11.4. The van der Waals surface area contributed by atoms with Crippen LogP contribution < -0.4 is 10.5 Å². The first-order chi connectivity index (χ1) is 9.36. The van der Waals surface area contributed by atoms with Crippen molar-refractivity contribution in [2.24, 2.45) is 0 Å². The van der Waals surface area contributed by atoms with Crippen LogP contribution in [0.25, 0.3) is 0 Å². The maximum Gasteiger partial charge on any atom is 0.416 e. The molecule has 1 saturated heterocycles. The average molecular weight is 288 g/mol. The van der Waals surface area contributed by atoms with Gasteiger partial charge in [-0.2, -0.15) is 13.2 Å². The smallest absolute Gasteiger partial charge is 0.416 e. The third-order valence-corrected chi connectivity index (χ3v) is 3.62. The fourth-order valence-corrected chi connectivity index (χ4v) is 2.42. The Morgan fingerprint density at radius 3 is 2.70 bits per heavy atom. The van der Waals surface area contributed by atoms with Crippen molar-refractivity contribution in [3.8, 4) is 5.75 Å². The van der Waals surface area contributed by atoms with Crippen molar-refractivity contribution < 1.29 is 17.9 Å². The van der Waals surface area contributed by atoms with Crippen LogP contribution in [0.3, 0.4) is 0 Å². The summed E-state index contributed by atoms with van der Waals surface area (Å²) in [4.78, 5) is 2.18. The van der Waals surface area contributed by atoms with Crippen molar-refractivity contribution in [3.05, 3.63) is 23.8 Å². The number of halogens is 3. The zero-order valence-corrected chi connectivity index (χ0v) is 11.4. The maximum absolute atomic E-state index is 12.7. The second-order valence-corrected chi connectivity index (χ2v) is 5.23. The van der Waals surface area contributed by atoms with Crippen LogP contribution in [0.1, 0.15) is 24.8 Å². The van der Waals surface area contributed by atoms with Crippen LogP contribution in [0.2, 0.25) is 0 Å². The van der Waals surface area contributed by atoms with Gasteiger partial charge in [0.25, 0.3) is 0 Å². The van der Waals surface area contributed by atoms with Crippen molar-refractivity contribution in [3.63, 3.8) is 0 Å². The summed E-state index contributed by atoms with van der Waals surface area (Å²) in [6.45, 7) is 1.38. The summed E-state index contributed by atoms with van der Waals surface area (Å²) in [6.07, 6.45) is -1.12. The second-order valence-electron chi connectivity index (χ2n) is 5.23. The predicted octanol–water partition coefficient (Wildman–Crippen LogP) is 3.15. The van der Waals surface area contributed by atoms with Gasteiger partial charge in [0.2, 0.25) is 0 Å². The highest BCUT2D eigenvalue weighted by Gasteiger charge is 2.31. The van der Waals surface area contributed by atoms with Crippen molar-refractivity contribution in [1.82, 2.24) is 4.90 Å². The Morgan fingerprint density at radius 1 is 1.30 bits per heavy atom. The van der Waals surface area contributed by atoms with E-state index in [1.165, 1.54) is 6.07 Å². The molecular weight excluding hydrogens is 269 g/mol. The van der Waals surface area contributed by atoms with Gasteiger partial charge in [0.15, 0.2) is 0 Å². The first-order valence-corrected chi connectivity index (χ1v) is 6.67. The Morgan fingerprint density at radius 2 is 2.05 bits per heavy atom. The molecule has 1 aromatic rings. The molecule has 0 aliphatic carbocycles. The highest BCUT2D eigenvalue weighted by atomic mass is 19.4. The fraction of sp³-hybridized carbons (Fsp3) is 0.571. The van der Waals surface area contributed by atoms with Crippen molar-refractivity contribution in [2.45, 2.75) is 31.5 Å². The number of nitrogens with zero attached hydrogens (tertiary/aromatic N) is 1. The molecule has 1 fully saturated rings. The number of piperidine rings is 1. The summed E-state index contributed by atoms with van der Waals surface area (Å²) in [5.74, 6) is 0.177. The van der Waals surface area contributed by atoms with Gasteiger partial charge in [0, 0.05) is 17.8 Å². The Kier molecular flexibility index (Phi) is 4.42. The molecule has 0 radical (unpaired) electrons. The van der Waals surface area contributed by atoms with Crippen molar-refractivity contribution in [1.29, 1.82) is 0 Å². The molecule has 0 saturated carbocycles. The third kappa shape index (κ3) is 3.79. The molecule has 2 rings (SSSR count). The molecule has 0 spiro atoms. The molecule has 6 heteroatoms. The van der Waals surface area contributed by atoms with Crippen LogP contribution in [0.4, 0.5) is 18.9 Å². The lowest BCUT2D eigenvalue weighted by Crippen LogP contribution is -2.40. The standard InChI is InChI=1S/C14H19F3N2O/c1-19-5-3-2-4-12(19)9-20-13-7-10(14(15,16)17)6-11(18)8-13/h6-8,12H,2-5,9,18H2,1H3/t12-/m0/s1. The first-order valence-electron chi connectivity index (χ1n) is 6.67. The number of alkyl halides is 3. The number of anilines is 1. The van der Waals surface area contributed by atoms with Crippen LogP contribution in [0.5, 0.6) is 5.75 Å². The Hall–Kier alpha value is -1.43. The van der Waals surface area contributed by atoms with E-state index < -0.39 is 11.7 Å². The van der Waals surface area contributed by atoms with Gasteiger partial charge in [-0.3, -0.25) is 0 Å². The molecule has 0 aromatic heterocycles. The SMILES string of the molecule is CN1CCCC[C@H]1COc1cc(N)cc(C(F)(F)F)c1. The van der Waals surface area contributed by atoms with Gasteiger partial charge in [-0.15, -0.1) is 0 Å². The first kappa shape index (κ1) is 15.0. The molecule has 3 nitrogen and oxygen atoms in total. The van der Waals surface area contributed by atoms with E-state index in [4.69, 9.17) is 10.5 Å². The van der Waals surface area contributed by atoms with Crippen LogP contribution in [-0.4, -0.2) is 31.1 Å². The number of benzene rings is 1. The minimum absolute atomic E-state index is 0.0619. The normalized spacial score (nSPS) is 20.9. The van der Waals surface area contributed by atoms with Gasteiger partial charge >= 0.3 is 6.18 Å². The molecule has 20 heavy (non-hydrogen) atoms. The number of nitrogens with two attached hydrogens (primary N) is 1. The summed E-state index contributed by atoms with van der Waals surface area (Å²) >= 11 is 0. The molecule has 2 N–H and O–H groups in total. The molecule has 0 bridgehead atoms. The van der Waals surface area contributed by atoms with Gasteiger partial charge in [-0.25, -0.2) is 0 Å². The van der Waals surface area contributed by atoms with Gasteiger partial charge in [0.05, 0.1) is 5.56 Å².